The number of ether oxygens (including phenoxy) is 2. The third-order valence-corrected chi connectivity index (χ3v) is 2.74. The molecule has 1 aromatic carbocycles. The zero-order valence-electron chi connectivity index (χ0n) is 12.2. The van der Waals surface area contributed by atoms with Gasteiger partial charge in [-0.3, -0.25) is 9.59 Å². The van der Waals surface area contributed by atoms with Crippen LogP contribution in [0.25, 0.3) is 0 Å². The normalized spacial score (nSPS) is 10.1. The lowest BCUT2D eigenvalue weighted by Gasteiger charge is -2.10. The van der Waals surface area contributed by atoms with Gasteiger partial charge in [-0.25, -0.2) is 0 Å². The Labute approximate surface area is 120 Å². The van der Waals surface area contributed by atoms with Crippen molar-refractivity contribution >= 4 is 11.9 Å². The predicted molar refractivity (Wildman–Crippen MR) is 76.8 cm³/mol. The van der Waals surface area contributed by atoms with E-state index in [9.17, 15) is 9.59 Å². The smallest absolute Gasteiger partial charge is 0.311 e. The number of esters is 2. The summed E-state index contributed by atoms with van der Waals surface area (Å²) in [5.41, 5.74) is 0. The van der Waals surface area contributed by atoms with Gasteiger partial charge >= 0.3 is 11.9 Å². The highest BCUT2D eigenvalue weighted by Gasteiger charge is 2.12. The van der Waals surface area contributed by atoms with E-state index in [-0.39, 0.29) is 11.9 Å². The Balaban J connectivity index is 2.60. The molecule has 110 valence electrons. The molecule has 0 saturated carbocycles. The number of para-hydroxylation sites is 2. The highest BCUT2D eigenvalue weighted by atomic mass is 16.6. The second-order valence-corrected chi connectivity index (χ2v) is 4.60. The van der Waals surface area contributed by atoms with Crippen LogP contribution in [0.2, 0.25) is 0 Å². The maximum Gasteiger partial charge on any atom is 0.311 e. The molecule has 0 atom stereocenters. The molecular weight excluding hydrogens is 256 g/mol. The van der Waals surface area contributed by atoms with Crippen LogP contribution in [0.15, 0.2) is 24.3 Å². The molecule has 20 heavy (non-hydrogen) atoms. The van der Waals surface area contributed by atoms with Crippen LogP contribution in [0, 0.1) is 0 Å². The molecule has 1 aromatic rings. The number of carbonyl (C=O) groups is 2. The molecule has 0 spiro atoms. The molecular formula is C16H22O4. The number of carbonyl (C=O) groups excluding carboxylic acids is 2. The fraction of sp³-hybridized carbons (Fsp3) is 0.500. The summed E-state index contributed by atoms with van der Waals surface area (Å²) in [6.45, 7) is 3.98. The van der Waals surface area contributed by atoms with Crippen LogP contribution in [-0.4, -0.2) is 11.9 Å². The fourth-order valence-corrected chi connectivity index (χ4v) is 1.69. The van der Waals surface area contributed by atoms with Crippen molar-refractivity contribution in [1.29, 1.82) is 0 Å². The van der Waals surface area contributed by atoms with Crippen molar-refractivity contribution in [3.8, 4) is 11.5 Å². The lowest BCUT2D eigenvalue weighted by Crippen LogP contribution is -2.11. The fourth-order valence-electron chi connectivity index (χ4n) is 1.69. The van der Waals surface area contributed by atoms with Gasteiger partial charge in [0.05, 0.1) is 0 Å². The van der Waals surface area contributed by atoms with E-state index >= 15 is 0 Å². The molecule has 0 heterocycles. The molecule has 0 fully saturated rings. The lowest BCUT2D eigenvalue weighted by molar-refractivity contribution is -0.137. The Kier molecular flexibility index (Phi) is 7.40. The van der Waals surface area contributed by atoms with Crippen LogP contribution in [0.4, 0.5) is 0 Å². The molecule has 0 amide bonds. The Morgan fingerprint density at radius 3 is 1.90 bits per heavy atom. The topological polar surface area (TPSA) is 52.6 Å². The molecule has 0 saturated heterocycles. The predicted octanol–water partition coefficient (Wildman–Crippen LogP) is 3.88. The first kappa shape index (κ1) is 16.2. The third kappa shape index (κ3) is 5.87. The Hall–Kier alpha value is -1.84. The van der Waals surface area contributed by atoms with Crippen molar-refractivity contribution in [2.45, 2.75) is 52.4 Å². The molecule has 0 unspecified atom stereocenters. The van der Waals surface area contributed by atoms with Crippen molar-refractivity contribution in [2.75, 3.05) is 0 Å². The summed E-state index contributed by atoms with van der Waals surface area (Å²) < 4.78 is 10.5. The second-order valence-electron chi connectivity index (χ2n) is 4.60. The molecule has 0 aromatic heterocycles. The maximum absolute atomic E-state index is 11.7. The van der Waals surface area contributed by atoms with Crippen LogP contribution in [0.5, 0.6) is 11.5 Å². The van der Waals surface area contributed by atoms with Crippen molar-refractivity contribution in [3.05, 3.63) is 24.3 Å². The molecule has 0 radical (unpaired) electrons. The SMILES string of the molecule is CCCCCC(=O)Oc1ccccc1OC(=O)CCC. The maximum atomic E-state index is 11.7. The molecule has 0 N–H and O–H groups in total. The van der Waals surface area contributed by atoms with Gasteiger partial charge in [-0.1, -0.05) is 38.8 Å². The van der Waals surface area contributed by atoms with Crippen molar-refractivity contribution in [2.24, 2.45) is 0 Å². The highest BCUT2D eigenvalue weighted by Crippen LogP contribution is 2.27. The largest absolute Gasteiger partial charge is 0.423 e. The van der Waals surface area contributed by atoms with E-state index in [1.165, 1.54) is 0 Å². The molecule has 0 aliphatic carbocycles. The van der Waals surface area contributed by atoms with Gasteiger partial charge in [0, 0.05) is 12.8 Å². The van der Waals surface area contributed by atoms with Crippen LogP contribution in [0.1, 0.15) is 52.4 Å². The van der Waals surface area contributed by atoms with Gasteiger partial charge in [0.15, 0.2) is 11.5 Å². The minimum Gasteiger partial charge on any atom is -0.423 e. The summed E-state index contributed by atoms with van der Waals surface area (Å²) in [7, 11) is 0. The van der Waals surface area contributed by atoms with Gasteiger partial charge in [0.2, 0.25) is 0 Å². The van der Waals surface area contributed by atoms with Crippen LogP contribution < -0.4 is 9.47 Å². The lowest BCUT2D eigenvalue weighted by atomic mass is 10.2. The van der Waals surface area contributed by atoms with Gasteiger partial charge in [0.25, 0.3) is 0 Å². The number of hydrogen-bond acceptors (Lipinski definition) is 4. The highest BCUT2D eigenvalue weighted by molar-refractivity contribution is 5.76. The molecule has 4 nitrogen and oxygen atoms in total. The van der Waals surface area contributed by atoms with E-state index in [0.29, 0.717) is 24.3 Å². The first-order valence-corrected chi connectivity index (χ1v) is 7.17. The minimum atomic E-state index is -0.318. The summed E-state index contributed by atoms with van der Waals surface area (Å²) >= 11 is 0. The number of benzene rings is 1. The molecule has 0 aliphatic heterocycles. The summed E-state index contributed by atoms with van der Waals surface area (Å²) in [5.74, 6) is -0.00679. The first-order valence-electron chi connectivity index (χ1n) is 7.17. The van der Waals surface area contributed by atoms with Gasteiger partial charge < -0.3 is 9.47 Å². The van der Waals surface area contributed by atoms with E-state index in [2.05, 4.69) is 6.92 Å². The van der Waals surface area contributed by atoms with E-state index < -0.39 is 0 Å². The summed E-state index contributed by atoms with van der Waals surface area (Å²) in [5, 5.41) is 0. The zero-order valence-corrected chi connectivity index (χ0v) is 12.2. The monoisotopic (exact) mass is 278 g/mol. The third-order valence-electron chi connectivity index (χ3n) is 2.74. The average Bonchev–Trinajstić information content (AvgIpc) is 2.41. The number of unbranched alkanes of at least 4 members (excludes halogenated alkanes) is 2. The Bertz CT molecular complexity index is 440. The van der Waals surface area contributed by atoms with E-state index in [1.54, 1.807) is 24.3 Å². The molecule has 1 rings (SSSR count). The summed E-state index contributed by atoms with van der Waals surface area (Å²) in [6.07, 6.45) is 4.32. The minimum absolute atomic E-state index is 0.294. The van der Waals surface area contributed by atoms with Gasteiger partial charge in [-0.2, -0.15) is 0 Å². The summed E-state index contributed by atoms with van der Waals surface area (Å²) in [6, 6.07) is 6.74. The quantitative estimate of drug-likeness (QED) is 0.411. The van der Waals surface area contributed by atoms with Crippen LogP contribution >= 0.6 is 0 Å². The summed E-state index contributed by atoms with van der Waals surface area (Å²) in [4.78, 5) is 23.2. The molecule has 0 aliphatic rings. The van der Waals surface area contributed by atoms with Crippen LogP contribution in [-0.2, 0) is 9.59 Å². The van der Waals surface area contributed by atoms with Gasteiger partial charge in [-0.05, 0) is 25.0 Å². The standard InChI is InChI=1S/C16H22O4/c1-3-5-6-12-16(18)20-14-11-8-7-10-13(14)19-15(17)9-4-2/h7-8,10-11H,3-6,9,12H2,1-2H3. The van der Waals surface area contributed by atoms with Crippen molar-refractivity contribution in [3.63, 3.8) is 0 Å². The average molecular weight is 278 g/mol. The molecule has 0 bridgehead atoms. The number of rotatable bonds is 8. The van der Waals surface area contributed by atoms with Gasteiger partial charge in [0.1, 0.15) is 0 Å². The van der Waals surface area contributed by atoms with E-state index in [0.717, 1.165) is 25.7 Å². The van der Waals surface area contributed by atoms with E-state index in [4.69, 9.17) is 9.47 Å². The van der Waals surface area contributed by atoms with Crippen molar-refractivity contribution < 1.29 is 19.1 Å². The molecule has 4 heteroatoms. The van der Waals surface area contributed by atoms with Crippen LogP contribution in [0.3, 0.4) is 0 Å². The van der Waals surface area contributed by atoms with Gasteiger partial charge in [-0.15, -0.1) is 0 Å². The second kappa shape index (κ2) is 9.13. The van der Waals surface area contributed by atoms with E-state index in [1.807, 2.05) is 6.92 Å². The zero-order chi connectivity index (χ0) is 14.8. The first-order chi connectivity index (χ1) is 9.67. The van der Waals surface area contributed by atoms with Crippen molar-refractivity contribution in [1.82, 2.24) is 0 Å². The Morgan fingerprint density at radius 1 is 0.850 bits per heavy atom. The Morgan fingerprint density at radius 2 is 1.40 bits per heavy atom. The number of hydrogen-bond donors (Lipinski definition) is 0.